The van der Waals surface area contributed by atoms with E-state index in [1.165, 1.54) is 17.1 Å². The van der Waals surface area contributed by atoms with Crippen LogP contribution in [0, 0.1) is 6.92 Å². The van der Waals surface area contributed by atoms with Crippen molar-refractivity contribution < 1.29 is 0 Å². The van der Waals surface area contributed by atoms with Crippen LogP contribution in [0.15, 0.2) is 47.3 Å². The average molecular weight is 241 g/mol. The van der Waals surface area contributed by atoms with Gasteiger partial charge in [-0.2, -0.15) is 0 Å². The molecule has 0 bridgehead atoms. The van der Waals surface area contributed by atoms with E-state index >= 15 is 0 Å². The van der Waals surface area contributed by atoms with Crippen LogP contribution < -0.4 is 5.56 Å². The molecule has 2 aromatic carbocycles. The van der Waals surface area contributed by atoms with Gasteiger partial charge in [0, 0.05) is 0 Å². The molecule has 3 aromatic rings. The predicted octanol–water partition coefficient (Wildman–Crippen LogP) is 3.57. The van der Waals surface area contributed by atoms with Crippen molar-refractivity contribution in [3.05, 3.63) is 58.4 Å². The number of fused-ring (bicyclic) bond motifs is 1. The van der Waals surface area contributed by atoms with Crippen molar-refractivity contribution in [1.82, 2.24) is 4.37 Å². The number of nitrogens with one attached hydrogen (secondary N) is 1. The molecule has 1 N–H and O–H groups in total. The van der Waals surface area contributed by atoms with Crippen molar-refractivity contribution in [2.24, 2.45) is 0 Å². The van der Waals surface area contributed by atoms with Gasteiger partial charge in [-0.3, -0.25) is 9.17 Å². The van der Waals surface area contributed by atoms with E-state index in [1.54, 1.807) is 0 Å². The topological polar surface area (TPSA) is 32.9 Å². The third-order valence-electron chi connectivity index (χ3n) is 2.86. The molecule has 0 saturated carbocycles. The fourth-order valence-corrected chi connectivity index (χ4v) is 2.59. The molecule has 1 aromatic heterocycles. The van der Waals surface area contributed by atoms with Gasteiger partial charge in [-0.1, -0.05) is 47.4 Å². The second kappa shape index (κ2) is 3.86. The average Bonchev–Trinajstić information content (AvgIpc) is 2.72. The van der Waals surface area contributed by atoms with Gasteiger partial charge >= 0.3 is 0 Å². The van der Waals surface area contributed by atoms with Gasteiger partial charge < -0.3 is 0 Å². The highest BCUT2D eigenvalue weighted by molar-refractivity contribution is 7.13. The van der Waals surface area contributed by atoms with Crippen LogP contribution in [0.25, 0.3) is 21.2 Å². The maximum Gasteiger partial charge on any atom is 0.265 e. The quantitative estimate of drug-likeness (QED) is 0.694. The summed E-state index contributed by atoms with van der Waals surface area (Å²) in [5.74, 6) is 0. The van der Waals surface area contributed by atoms with Gasteiger partial charge in [0.15, 0.2) is 0 Å². The normalized spacial score (nSPS) is 10.9. The SMILES string of the molecule is Cc1ccc(-c2ccc3s[nH]c(=O)c3c2)cc1. The summed E-state index contributed by atoms with van der Waals surface area (Å²) in [6.07, 6.45) is 0. The van der Waals surface area contributed by atoms with Gasteiger partial charge in [0.2, 0.25) is 0 Å². The second-order valence-electron chi connectivity index (χ2n) is 4.11. The van der Waals surface area contributed by atoms with Crippen molar-refractivity contribution in [3.8, 4) is 11.1 Å². The molecule has 84 valence electrons. The molecule has 2 nitrogen and oxygen atoms in total. The number of hydrogen-bond donors (Lipinski definition) is 1. The molecule has 0 fully saturated rings. The fraction of sp³-hybridized carbons (Fsp3) is 0.0714. The Balaban J connectivity index is 2.20. The Morgan fingerprint density at radius 1 is 1.00 bits per heavy atom. The van der Waals surface area contributed by atoms with Crippen LogP contribution >= 0.6 is 11.5 Å². The van der Waals surface area contributed by atoms with Gasteiger partial charge in [0.25, 0.3) is 5.56 Å². The minimum atomic E-state index is -0.000961. The molecule has 0 spiro atoms. The number of aromatic amines is 1. The molecule has 17 heavy (non-hydrogen) atoms. The van der Waals surface area contributed by atoms with E-state index in [9.17, 15) is 4.79 Å². The zero-order chi connectivity index (χ0) is 11.8. The van der Waals surface area contributed by atoms with Gasteiger partial charge in [0.1, 0.15) is 0 Å². The Hall–Kier alpha value is -1.87. The monoisotopic (exact) mass is 241 g/mol. The highest BCUT2D eigenvalue weighted by Gasteiger charge is 2.03. The number of benzene rings is 2. The standard InChI is InChI=1S/C14H11NOS/c1-9-2-4-10(5-3-9)11-6-7-13-12(8-11)14(16)15-17-13/h2-8H,1H3,(H,15,16). The Labute approximate surface area is 103 Å². The summed E-state index contributed by atoms with van der Waals surface area (Å²) >= 11 is 1.38. The van der Waals surface area contributed by atoms with Crippen molar-refractivity contribution in [1.29, 1.82) is 0 Å². The Bertz CT molecular complexity index is 722. The van der Waals surface area contributed by atoms with E-state index in [4.69, 9.17) is 0 Å². The van der Waals surface area contributed by atoms with Gasteiger partial charge in [-0.05, 0) is 30.2 Å². The Morgan fingerprint density at radius 3 is 2.47 bits per heavy atom. The van der Waals surface area contributed by atoms with Crippen molar-refractivity contribution in [3.63, 3.8) is 0 Å². The minimum Gasteiger partial charge on any atom is -0.277 e. The molecule has 0 aliphatic heterocycles. The largest absolute Gasteiger partial charge is 0.277 e. The number of aromatic nitrogens is 1. The van der Waals surface area contributed by atoms with E-state index < -0.39 is 0 Å². The summed E-state index contributed by atoms with van der Waals surface area (Å²) in [6, 6.07) is 14.3. The molecule has 3 rings (SSSR count). The molecule has 0 saturated heterocycles. The predicted molar refractivity (Wildman–Crippen MR) is 72.6 cm³/mol. The van der Waals surface area contributed by atoms with Crippen molar-refractivity contribution in [2.75, 3.05) is 0 Å². The zero-order valence-corrected chi connectivity index (χ0v) is 10.2. The smallest absolute Gasteiger partial charge is 0.265 e. The van der Waals surface area contributed by atoms with Crippen LogP contribution in [0.1, 0.15) is 5.56 Å². The van der Waals surface area contributed by atoms with Crippen molar-refractivity contribution in [2.45, 2.75) is 6.92 Å². The van der Waals surface area contributed by atoms with Crippen LogP contribution in [-0.4, -0.2) is 4.37 Å². The Kier molecular flexibility index (Phi) is 2.34. The molecule has 0 radical (unpaired) electrons. The summed E-state index contributed by atoms with van der Waals surface area (Å²) in [7, 11) is 0. The lowest BCUT2D eigenvalue weighted by Gasteiger charge is -2.01. The van der Waals surface area contributed by atoms with Crippen LogP contribution in [0.3, 0.4) is 0 Å². The molecule has 1 heterocycles. The first-order valence-electron chi connectivity index (χ1n) is 5.42. The first-order valence-corrected chi connectivity index (χ1v) is 6.24. The molecule has 3 heteroatoms. The van der Waals surface area contributed by atoms with Crippen LogP contribution in [0.4, 0.5) is 0 Å². The second-order valence-corrected chi connectivity index (χ2v) is 4.96. The lowest BCUT2D eigenvalue weighted by atomic mass is 10.0. The van der Waals surface area contributed by atoms with E-state index in [2.05, 4.69) is 41.6 Å². The summed E-state index contributed by atoms with van der Waals surface area (Å²) in [6.45, 7) is 2.07. The van der Waals surface area contributed by atoms with Crippen LogP contribution in [0.2, 0.25) is 0 Å². The summed E-state index contributed by atoms with van der Waals surface area (Å²) < 4.78 is 3.76. The van der Waals surface area contributed by atoms with Crippen molar-refractivity contribution >= 4 is 21.6 Å². The number of aryl methyl sites for hydroxylation is 1. The maximum absolute atomic E-state index is 11.6. The lowest BCUT2D eigenvalue weighted by molar-refractivity contribution is 1.46. The van der Waals surface area contributed by atoms with Crippen LogP contribution in [-0.2, 0) is 0 Å². The van der Waals surface area contributed by atoms with E-state index in [0.717, 1.165) is 21.2 Å². The third-order valence-corrected chi connectivity index (χ3v) is 3.73. The zero-order valence-electron chi connectivity index (χ0n) is 9.36. The first-order chi connectivity index (χ1) is 8.24. The third kappa shape index (κ3) is 1.78. The molecule has 0 amide bonds. The number of hydrogen-bond acceptors (Lipinski definition) is 2. The number of rotatable bonds is 1. The molecule has 0 unspecified atom stereocenters. The summed E-state index contributed by atoms with van der Waals surface area (Å²) in [5.41, 5.74) is 3.46. The first kappa shape index (κ1) is 10.3. The van der Waals surface area contributed by atoms with E-state index in [0.29, 0.717) is 0 Å². The molecular weight excluding hydrogens is 230 g/mol. The molecular formula is C14H11NOS. The Morgan fingerprint density at radius 2 is 1.71 bits per heavy atom. The molecule has 0 aliphatic rings. The van der Waals surface area contributed by atoms with Crippen LogP contribution in [0.5, 0.6) is 0 Å². The van der Waals surface area contributed by atoms with E-state index in [-0.39, 0.29) is 5.56 Å². The summed E-state index contributed by atoms with van der Waals surface area (Å²) in [4.78, 5) is 11.6. The van der Waals surface area contributed by atoms with E-state index in [1.807, 2.05) is 12.1 Å². The molecule has 0 atom stereocenters. The highest BCUT2D eigenvalue weighted by atomic mass is 32.1. The maximum atomic E-state index is 11.6. The lowest BCUT2D eigenvalue weighted by Crippen LogP contribution is -1.95. The fourth-order valence-electron chi connectivity index (χ4n) is 1.88. The van der Waals surface area contributed by atoms with Gasteiger partial charge in [0.05, 0.1) is 10.1 Å². The summed E-state index contributed by atoms with van der Waals surface area (Å²) in [5, 5.41) is 0.771. The number of H-pyrrole nitrogens is 1. The van der Waals surface area contributed by atoms with Gasteiger partial charge in [-0.25, -0.2) is 0 Å². The minimum absolute atomic E-state index is 0.000961. The van der Waals surface area contributed by atoms with Gasteiger partial charge in [-0.15, -0.1) is 0 Å². The molecule has 0 aliphatic carbocycles. The highest BCUT2D eigenvalue weighted by Crippen LogP contribution is 2.24.